The first kappa shape index (κ1) is 26.0. The van der Waals surface area contributed by atoms with Crippen molar-refractivity contribution in [2.45, 2.75) is 50.7 Å². The summed E-state index contributed by atoms with van der Waals surface area (Å²) in [7, 11) is -4.19. The fourth-order valence-electron chi connectivity index (χ4n) is 3.48. The van der Waals surface area contributed by atoms with E-state index in [-0.39, 0.29) is 28.1 Å². The first-order valence-electron chi connectivity index (χ1n) is 10.7. The van der Waals surface area contributed by atoms with Crippen molar-refractivity contribution in [3.05, 3.63) is 63.6 Å². The number of halogens is 2. The lowest BCUT2D eigenvalue weighted by Crippen LogP contribution is -2.52. The van der Waals surface area contributed by atoms with Crippen molar-refractivity contribution in [3.63, 3.8) is 0 Å². The lowest BCUT2D eigenvalue weighted by Gasteiger charge is -2.31. The van der Waals surface area contributed by atoms with Gasteiger partial charge in [0.1, 0.15) is 17.5 Å². The molecule has 1 aliphatic heterocycles. The standard InChI is InChI=1S/C23H25Cl2N3O5S/c1-4-14(2)26-22(30)15(3)27(12-16-9-10-17(24)11-19(16)25)21(29)13-28-23(31)18-7-5-6-8-20(18)34(28,32)33/h5-11,14-15H,4,12-13H2,1-3H3,(H,26,30)/t14-,15-/m1/s1. The van der Waals surface area contributed by atoms with E-state index in [2.05, 4.69) is 5.32 Å². The van der Waals surface area contributed by atoms with Gasteiger partial charge in [-0.2, -0.15) is 0 Å². The molecule has 3 rings (SSSR count). The zero-order valence-electron chi connectivity index (χ0n) is 18.9. The van der Waals surface area contributed by atoms with Crippen LogP contribution in [-0.2, 0) is 26.2 Å². The van der Waals surface area contributed by atoms with Crippen molar-refractivity contribution in [3.8, 4) is 0 Å². The monoisotopic (exact) mass is 525 g/mol. The minimum absolute atomic E-state index is 0.00478. The molecule has 2 atom stereocenters. The number of sulfonamides is 1. The van der Waals surface area contributed by atoms with Crippen LogP contribution in [0.5, 0.6) is 0 Å². The maximum Gasteiger partial charge on any atom is 0.269 e. The molecule has 0 radical (unpaired) electrons. The van der Waals surface area contributed by atoms with Crippen molar-refractivity contribution in [2.24, 2.45) is 0 Å². The van der Waals surface area contributed by atoms with Crippen LogP contribution in [0.3, 0.4) is 0 Å². The SMILES string of the molecule is CC[C@@H](C)NC(=O)[C@@H](C)N(Cc1ccc(Cl)cc1Cl)C(=O)CN1C(=O)c2ccccc2S1(=O)=O. The third-order valence-corrected chi connectivity index (χ3v) is 8.09. The van der Waals surface area contributed by atoms with Crippen LogP contribution in [0, 0.1) is 0 Å². The Kier molecular flexibility index (Phi) is 7.90. The van der Waals surface area contributed by atoms with E-state index in [0.717, 1.165) is 0 Å². The molecule has 0 saturated carbocycles. The molecule has 0 fully saturated rings. The van der Waals surface area contributed by atoms with Gasteiger partial charge in [0.15, 0.2) is 0 Å². The molecule has 1 N–H and O–H groups in total. The number of fused-ring (bicyclic) bond motifs is 1. The average Bonchev–Trinajstić information content (AvgIpc) is 2.98. The van der Waals surface area contributed by atoms with Crippen LogP contribution in [0.15, 0.2) is 47.4 Å². The maximum atomic E-state index is 13.4. The predicted molar refractivity (Wildman–Crippen MR) is 129 cm³/mol. The highest BCUT2D eigenvalue weighted by Crippen LogP contribution is 2.30. The molecule has 182 valence electrons. The van der Waals surface area contributed by atoms with Gasteiger partial charge >= 0.3 is 0 Å². The summed E-state index contributed by atoms with van der Waals surface area (Å²) >= 11 is 12.3. The van der Waals surface area contributed by atoms with Crippen LogP contribution in [-0.4, -0.2) is 54.0 Å². The summed E-state index contributed by atoms with van der Waals surface area (Å²) < 4.78 is 26.4. The fourth-order valence-corrected chi connectivity index (χ4v) is 5.47. The maximum absolute atomic E-state index is 13.4. The summed E-state index contributed by atoms with van der Waals surface area (Å²) in [4.78, 5) is 40.0. The number of hydrogen-bond acceptors (Lipinski definition) is 5. The Hall–Kier alpha value is -2.62. The van der Waals surface area contributed by atoms with Gasteiger partial charge in [-0.05, 0) is 50.1 Å². The second-order valence-corrected chi connectivity index (χ2v) is 10.7. The van der Waals surface area contributed by atoms with E-state index in [1.165, 1.54) is 36.1 Å². The summed E-state index contributed by atoms with van der Waals surface area (Å²) in [5.41, 5.74) is 0.520. The van der Waals surface area contributed by atoms with Crippen molar-refractivity contribution in [1.82, 2.24) is 14.5 Å². The van der Waals surface area contributed by atoms with Gasteiger partial charge in [-0.25, -0.2) is 12.7 Å². The molecule has 0 spiro atoms. The van der Waals surface area contributed by atoms with Crippen LogP contribution >= 0.6 is 23.2 Å². The lowest BCUT2D eigenvalue weighted by atomic mass is 10.1. The molecule has 0 bridgehead atoms. The molecule has 2 aromatic carbocycles. The van der Waals surface area contributed by atoms with Gasteiger partial charge in [-0.1, -0.05) is 48.3 Å². The summed E-state index contributed by atoms with van der Waals surface area (Å²) in [6, 6.07) is 9.41. The largest absolute Gasteiger partial charge is 0.352 e. The highest BCUT2D eigenvalue weighted by molar-refractivity contribution is 7.90. The fraction of sp³-hybridized carbons (Fsp3) is 0.348. The summed E-state index contributed by atoms with van der Waals surface area (Å²) in [5.74, 6) is -1.92. The second kappa shape index (κ2) is 10.3. The number of nitrogens with one attached hydrogen (secondary N) is 1. The predicted octanol–water partition coefficient (Wildman–Crippen LogP) is 3.47. The smallest absolute Gasteiger partial charge is 0.269 e. The molecule has 11 heteroatoms. The van der Waals surface area contributed by atoms with Gasteiger partial charge in [0, 0.05) is 22.6 Å². The zero-order chi connectivity index (χ0) is 25.2. The molecule has 0 aliphatic carbocycles. The Morgan fingerprint density at radius 1 is 1.12 bits per heavy atom. The Bertz CT molecular complexity index is 1230. The Labute approximate surface area is 208 Å². The molecule has 8 nitrogen and oxygen atoms in total. The highest BCUT2D eigenvalue weighted by Gasteiger charge is 2.43. The van der Waals surface area contributed by atoms with Crippen LogP contribution < -0.4 is 5.32 Å². The molecule has 1 aliphatic rings. The number of rotatable bonds is 8. The number of carbonyl (C=O) groups is 3. The molecule has 0 aromatic heterocycles. The van der Waals surface area contributed by atoms with Crippen LogP contribution in [0.1, 0.15) is 43.1 Å². The minimum Gasteiger partial charge on any atom is -0.352 e. The van der Waals surface area contributed by atoms with Crippen molar-refractivity contribution >= 4 is 50.9 Å². The van der Waals surface area contributed by atoms with E-state index in [0.29, 0.717) is 21.3 Å². The summed E-state index contributed by atoms with van der Waals surface area (Å²) in [5, 5.41) is 3.51. The third kappa shape index (κ3) is 5.21. The van der Waals surface area contributed by atoms with Crippen molar-refractivity contribution < 1.29 is 22.8 Å². The number of hydrogen-bond donors (Lipinski definition) is 1. The van der Waals surface area contributed by atoms with Crippen LogP contribution in [0.2, 0.25) is 10.0 Å². The third-order valence-electron chi connectivity index (χ3n) is 5.72. The first-order chi connectivity index (χ1) is 16.0. The van der Waals surface area contributed by atoms with E-state index >= 15 is 0 Å². The van der Waals surface area contributed by atoms with Crippen molar-refractivity contribution in [1.29, 1.82) is 0 Å². The lowest BCUT2D eigenvalue weighted by molar-refractivity contribution is -0.140. The number of nitrogens with zero attached hydrogens (tertiary/aromatic N) is 2. The molecule has 34 heavy (non-hydrogen) atoms. The van der Waals surface area contributed by atoms with E-state index < -0.39 is 40.3 Å². The van der Waals surface area contributed by atoms with E-state index in [4.69, 9.17) is 23.2 Å². The van der Waals surface area contributed by atoms with Crippen molar-refractivity contribution in [2.75, 3.05) is 6.54 Å². The molecule has 2 aromatic rings. The summed E-state index contributed by atoms with van der Waals surface area (Å²) in [6.07, 6.45) is 0.689. The molecule has 3 amide bonds. The second-order valence-electron chi connectivity index (χ2n) is 8.06. The van der Waals surface area contributed by atoms with Gasteiger partial charge < -0.3 is 10.2 Å². The average molecular weight is 526 g/mol. The van der Waals surface area contributed by atoms with E-state index in [1.54, 1.807) is 18.2 Å². The quantitative estimate of drug-likeness (QED) is 0.568. The molecule has 0 unspecified atom stereocenters. The van der Waals surface area contributed by atoms with Gasteiger partial charge in [-0.15, -0.1) is 0 Å². The first-order valence-corrected chi connectivity index (χ1v) is 12.9. The van der Waals surface area contributed by atoms with Gasteiger partial charge in [0.05, 0.1) is 5.56 Å². The Balaban J connectivity index is 1.91. The van der Waals surface area contributed by atoms with E-state index in [1.807, 2.05) is 13.8 Å². The summed E-state index contributed by atoms with van der Waals surface area (Å²) in [6.45, 7) is 4.45. The number of carbonyl (C=O) groups excluding carboxylic acids is 3. The topological polar surface area (TPSA) is 104 Å². The molecule has 0 saturated heterocycles. The Morgan fingerprint density at radius 3 is 2.41 bits per heavy atom. The number of amides is 3. The van der Waals surface area contributed by atoms with Gasteiger partial charge in [0.2, 0.25) is 11.8 Å². The molecular weight excluding hydrogens is 501 g/mol. The normalized spacial score (nSPS) is 16.0. The van der Waals surface area contributed by atoms with E-state index in [9.17, 15) is 22.8 Å². The molecule has 1 heterocycles. The number of benzene rings is 2. The molecular formula is C23H25Cl2N3O5S. The van der Waals surface area contributed by atoms with Gasteiger partial charge in [0.25, 0.3) is 15.9 Å². The van der Waals surface area contributed by atoms with Crippen LogP contribution in [0.25, 0.3) is 0 Å². The van der Waals surface area contributed by atoms with Gasteiger partial charge in [-0.3, -0.25) is 14.4 Å². The zero-order valence-corrected chi connectivity index (χ0v) is 21.2. The highest BCUT2D eigenvalue weighted by atomic mass is 35.5. The van der Waals surface area contributed by atoms with Crippen LogP contribution in [0.4, 0.5) is 0 Å². The Morgan fingerprint density at radius 2 is 1.79 bits per heavy atom. The minimum atomic E-state index is -4.19.